The summed E-state index contributed by atoms with van der Waals surface area (Å²) in [5.74, 6) is -1.37. The molecule has 1 N–H and O–H groups in total. The third kappa shape index (κ3) is 5.13. The minimum atomic E-state index is -1.13. The first-order valence-corrected chi connectivity index (χ1v) is 6.16. The summed E-state index contributed by atoms with van der Waals surface area (Å²) in [7, 11) is 0. The van der Waals surface area contributed by atoms with Crippen molar-refractivity contribution in [3.63, 3.8) is 0 Å². The number of esters is 1. The van der Waals surface area contributed by atoms with Crippen LogP contribution < -0.4 is 0 Å². The summed E-state index contributed by atoms with van der Waals surface area (Å²) in [4.78, 5) is 29.5. The molecule has 0 aliphatic rings. The van der Waals surface area contributed by atoms with Gasteiger partial charge in [0.1, 0.15) is 10.6 Å². The van der Waals surface area contributed by atoms with Gasteiger partial charge in [0, 0.05) is 0 Å². The zero-order chi connectivity index (χ0) is 13.8. The topological polar surface area (TPSA) is 89.4 Å². The molecule has 0 bridgehead atoms. The van der Waals surface area contributed by atoms with Gasteiger partial charge in [-0.2, -0.15) is 0 Å². The van der Waals surface area contributed by atoms with E-state index >= 15 is 0 Å². The minimum Gasteiger partial charge on any atom is -0.476 e. The fraction of sp³-hybridized carbons (Fsp3) is 0.455. The fourth-order valence-corrected chi connectivity index (χ4v) is 1.58. The quantitative estimate of drug-likeness (QED) is 0.656. The highest BCUT2D eigenvalue weighted by molar-refractivity contribution is 7.99. The zero-order valence-corrected chi connectivity index (χ0v) is 11.2. The monoisotopic (exact) mass is 270 g/mol. The lowest BCUT2D eigenvalue weighted by Crippen LogP contribution is -2.24. The van der Waals surface area contributed by atoms with E-state index in [4.69, 9.17) is 9.84 Å². The molecular weight excluding hydrogens is 256 g/mol. The van der Waals surface area contributed by atoms with E-state index in [0.29, 0.717) is 5.03 Å². The number of rotatable bonds is 4. The molecule has 0 amide bonds. The molecule has 0 aromatic carbocycles. The summed E-state index contributed by atoms with van der Waals surface area (Å²) in [5.41, 5.74) is -0.646. The average Bonchev–Trinajstić information content (AvgIpc) is 2.24. The van der Waals surface area contributed by atoms with E-state index < -0.39 is 11.6 Å². The van der Waals surface area contributed by atoms with Crippen molar-refractivity contribution in [2.45, 2.75) is 31.4 Å². The van der Waals surface area contributed by atoms with Gasteiger partial charge in [-0.25, -0.2) is 14.8 Å². The molecule has 0 aliphatic carbocycles. The molecule has 1 aromatic rings. The summed E-state index contributed by atoms with van der Waals surface area (Å²) in [5, 5.41) is 9.12. The van der Waals surface area contributed by atoms with Crippen LogP contribution in [0.15, 0.2) is 17.4 Å². The molecule has 98 valence electrons. The van der Waals surface area contributed by atoms with Crippen LogP contribution in [0.25, 0.3) is 0 Å². The highest BCUT2D eigenvalue weighted by Gasteiger charge is 2.16. The number of ether oxygens (including phenoxy) is 1. The van der Waals surface area contributed by atoms with Crippen LogP contribution in [-0.2, 0) is 9.53 Å². The average molecular weight is 270 g/mol. The molecule has 1 heterocycles. The van der Waals surface area contributed by atoms with E-state index in [1.807, 2.05) is 0 Å². The van der Waals surface area contributed by atoms with Crippen LogP contribution in [0.2, 0.25) is 0 Å². The Labute approximate surface area is 109 Å². The Kier molecular flexibility index (Phi) is 4.66. The van der Waals surface area contributed by atoms with Crippen molar-refractivity contribution >= 4 is 23.7 Å². The molecule has 0 radical (unpaired) electrons. The van der Waals surface area contributed by atoms with Crippen molar-refractivity contribution in [3.05, 3.63) is 18.1 Å². The Morgan fingerprint density at radius 3 is 2.44 bits per heavy atom. The van der Waals surface area contributed by atoms with Gasteiger partial charge in [-0.1, -0.05) is 11.8 Å². The maximum atomic E-state index is 11.4. The zero-order valence-electron chi connectivity index (χ0n) is 10.3. The Morgan fingerprint density at radius 1 is 1.33 bits per heavy atom. The minimum absolute atomic E-state index is 0.109. The molecule has 1 aromatic heterocycles. The smallest absolute Gasteiger partial charge is 0.356 e. The highest BCUT2D eigenvalue weighted by atomic mass is 32.2. The SMILES string of the molecule is CC(C)(C)OC(=O)CSc1cnc(C(=O)O)cn1. The maximum Gasteiger partial charge on any atom is 0.356 e. The molecule has 0 atom stereocenters. The van der Waals surface area contributed by atoms with Gasteiger partial charge in [-0.3, -0.25) is 4.79 Å². The van der Waals surface area contributed by atoms with Crippen LogP contribution in [0, 0.1) is 0 Å². The summed E-state index contributed by atoms with van der Waals surface area (Å²) < 4.78 is 5.12. The van der Waals surface area contributed by atoms with E-state index in [9.17, 15) is 9.59 Å². The Morgan fingerprint density at radius 2 is 2.00 bits per heavy atom. The summed E-state index contributed by atoms with van der Waals surface area (Å²) >= 11 is 1.15. The lowest BCUT2D eigenvalue weighted by Gasteiger charge is -2.19. The standard InChI is InChI=1S/C11H14N2O4S/c1-11(2,3)17-9(14)6-18-8-5-12-7(4-13-8)10(15)16/h4-5H,6H2,1-3H3,(H,15,16). The van der Waals surface area contributed by atoms with Crippen molar-refractivity contribution in [1.82, 2.24) is 9.97 Å². The van der Waals surface area contributed by atoms with E-state index in [0.717, 1.165) is 18.0 Å². The maximum absolute atomic E-state index is 11.4. The lowest BCUT2D eigenvalue weighted by atomic mass is 10.2. The lowest BCUT2D eigenvalue weighted by molar-refractivity contribution is -0.151. The van der Waals surface area contributed by atoms with Crippen LogP contribution in [-0.4, -0.2) is 38.4 Å². The molecule has 1 rings (SSSR count). The van der Waals surface area contributed by atoms with Crippen LogP contribution in [0.5, 0.6) is 0 Å². The molecule has 0 fully saturated rings. The highest BCUT2D eigenvalue weighted by Crippen LogP contribution is 2.16. The normalized spacial score (nSPS) is 11.1. The first kappa shape index (κ1) is 14.4. The number of carboxylic acids is 1. The number of carbonyl (C=O) groups excluding carboxylic acids is 1. The van der Waals surface area contributed by atoms with E-state index in [2.05, 4.69) is 9.97 Å². The third-order valence-corrected chi connectivity index (χ3v) is 2.49. The van der Waals surface area contributed by atoms with Gasteiger partial charge < -0.3 is 9.84 Å². The van der Waals surface area contributed by atoms with Crippen LogP contribution >= 0.6 is 11.8 Å². The second-order valence-electron chi connectivity index (χ2n) is 4.42. The molecule has 0 saturated heterocycles. The number of nitrogens with zero attached hydrogens (tertiary/aromatic N) is 2. The Balaban J connectivity index is 2.49. The van der Waals surface area contributed by atoms with Gasteiger partial charge >= 0.3 is 11.9 Å². The van der Waals surface area contributed by atoms with Gasteiger partial charge in [0.05, 0.1) is 18.1 Å². The Hall–Kier alpha value is -1.63. The van der Waals surface area contributed by atoms with Gasteiger partial charge in [0.15, 0.2) is 5.69 Å². The molecule has 0 saturated carbocycles. The molecule has 0 aliphatic heterocycles. The second-order valence-corrected chi connectivity index (χ2v) is 5.42. The van der Waals surface area contributed by atoms with Crippen molar-refractivity contribution in [3.8, 4) is 0 Å². The molecule has 7 heteroatoms. The van der Waals surface area contributed by atoms with Crippen LogP contribution in [0.3, 0.4) is 0 Å². The molecule has 18 heavy (non-hydrogen) atoms. The number of carboxylic acid groups (broad SMARTS) is 1. The summed E-state index contributed by atoms with van der Waals surface area (Å²) in [6.07, 6.45) is 2.47. The third-order valence-electron chi connectivity index (χ3n) is 1.61. The van der Waals surface area contributed by atoms with Crippen LogP contribution in [0.1, 0.15) is 31.3 Å². The number of hydrogen-bond acceptors (Lipinski definition) is 6. The first-order valence-electron chi connectivity index (χ1n) is 5.18. The first-order chi connectivity index (χ1) is 8.28. The fourth-order valence-electron chi connectivity index (χ4n) is 1.01. The van der Waals surface area contributed by atoms with Crippen molar-refractivity contribution < 1.29 is 19.4 Å². The van der Waals surface area contributed by atoms with E-state index in [1.165, 1.54) is 6.20 Å². The summed E-state index contributed by atoms with van der Waals surface area (Å²) in [6, 6.07) is 0. The second kappa shape index (κ2) is 5.81. The number of aromatic carboxylic acids is 1. The van der Waals surface area contributed by atoms with Gasteiger partial charge in [0.25, 0.3) is 0 Å². The molecule has 0 unspecified atom stereocenters. The van der Waals surface area contributed by atoms with E-state index in [-0.39, 0.29) is 17.4 Å². The number of carbonyl (C=O) groups is 2. The number of thioether (sulfide) groups is 1. The largest absolute Gasteiger partial charge is 0.476 e. The van der Waals surface area contributed by atoms with Crippen molar-refractivity contribution in [2.24, 2.45) is 0 Å². The molecule has 6 nitrogen and oxygen atoms in total. The summed E-state index contributed by atoms with van der Waals surface area (Å²) in [6.45, 7) is 5.37. The van der Waals surface area contributed by atoms with Crippen molar-refractivity contribution in [2.75, 3.05) is 5.75 Å². The number of aromatic nitrogens is 2. The van der Waals surface area contributed by atoms with E-state index in [1.54, 1.807) is 20.8 Å². The van der Waals surface area contributed by atoms with Gasteiger partial charge in [-0.05, 0) is 20.8 Å². The Bertz CT molecular complexity index is 439. The number of hydrogen-bond donors (Lipinski definition) is 1. The predicted molar refractivity (Wildman–Crippen MR) is 65.6 cm³/mol. The van der Waals surface area contributed by atoms with Gasteiger partial charge in [-0.15, -0.1) is 0 Å². The van der Waals surface area contributed by atoms with Crippen LogP contribution in [0.4, 0.5) is 0 Å². The van der Waals surface area contributed by atoms with Gasteiger partial charge in [0.2, 0.25) is 0 Å². The predicted octanol–water partition coefficient (Wildman–Crippen LogP) is 1.61. The van der Waals surface area contributed by atoms with Crippen molar-refractivity contribution in [1.29, 1.82) is 0 Å². The molecular formula is C11H14N2O4S. The molecule has 0 spiro atoms.